The van der Waals surface area contributed by atoms with Crippen molar-refractivity contribution in [1.29, 1.82) is 0 Å². The highest BCUT2D eigenvalue weighted by atomic mass is 16.7. The maximum absolute atomic E-state index is 13.3. The zero-order chi connectivity index (χ0) is 57.9. The molecule has 0 amide bonds. The molecule has 13 heteroatoms. The number of nitrogens with zero attached hydrogens (tertiary/aromatic N) is 1. The van der Waals surface area contributed by atoms with Crippen LogP contribution in [0.5, 0.6) is 0 Å². The number of esters is 5. The predicted molar refractivity (Wildman–Crippen MR) is 321 cm³/mol. The van der Waals surface area contributed by atoms with Crippen LogP contribution in [-0.2, 0) is 77.0 Å². The molecule has 0 saturated carbocycles. The molecule has 13 nitrogen and oxygen atoms in total. The third-order valence-corrected chi connectivity index (χ3v) is 15.4. The minimum absolute atomic E-state index is 0.0115. The SMILES string of the molecule is CCCCCCCCOC(CCC(=O)OCc1cc(COC(=O)CCCCCC(=O)OCCC(CCCCC)CCCCC)cc(COC(=O)CCC(CCCCCC)OC(=O)CCCN2CCCC2)c1)OCCCCCCCC. The summed E-state index contributed by atoms with van der Waals surface area (Å²) in [6.07, 6.45) is 35.8. The van der Waals surface area contributed by atoms with Crippen molar-refractivity contribution in [2.24, 2.45) is 5.92 Å². The van der Waals surface area contributed by atoms with Crippen LogP contribution in [0.15, 0.2) is 18.2 Å². The Labute approximate surface area is 487 Å². The van der Waals surface area contributed by atoms with Gasteiger partial charge in [-0.3, -0.25) is 24.0 Å². The Kier molecular flexibility index (Phi) is 46.4. The van der Waals surface area contributed by atoms with E-state index >= 15 is 0 Å². The van der Waals surface area contributed by atoms with E-state index in [0.29, 0.717) is 93.8 Å². The van der Waals surface area contributed by atoms with Gasteiger partial charge in [0.05, 0.1) is 13.0 Å². The van der Waals surface area contributed by atoms with Gasteiger partial charge in [-0.25, -0.2) is 0 Å². The standard InChI is InChI=1S/C67H117NO12/c1-6-11-16-19-21-31-48-75-67(76-49-32-22-20-17-12-7-2)43-42-65(72)79-56-60-52-58(54-77-63(70)38-28-23-27-37-62(69)74-50-44-57(34-24-14-9-4)35-25-15-10-5)51-59(53-60)55-78-64(71)41-40-61(36-26-18-13-8-3)80-66(73)39-33-47-68-45-29-30-46-68/h51-53,57,61,67H,6-50,54-56H2,1-5H3. The predicted octanol–water partition coefficient (Wildman–Crippen LogP) is 16.9. The van der Waals surface area contributed by atoms with Crippen LogP contribution >= 0.6 is 0 Å². The Morgan fingerprint density at radius 3 is 1.30 bits per heavy atom. The molecule has 0 bridgehead atoms. The molecule has 0 aliphatic carbocycles. The zero-order valence-corrected chi connectivity index (χ0v) is 51.8. The van der Waals surface area contributed by atoms with E-state index in [1.54, 1.807) is 0 Å². The summed E-state index contributed by atoms with van der Waals surface area (Å²) in [5, 5.41) is 0. The van der Waals surface area contributed by atoms with Gasteiger partial charge < -0.3 is 38.1 Å². The molecule has 2 rings (SSSR count). The summed E-state index contributed by atoms with van der Waals surface area (Å²) >= 11 is 0. The summed E-state index contributed by atoms with van der Waals surface area (Å²) < 4.78 is 41.3. The Bertz CT molecular complexity index is 1670. The molecule has 0 spiro atoms. The van der Waals surface area contributed by atoms with Crippen molar-refractivity contribution < 1.29 is 57.1 Å². The number of carbonyl (C=O) groups excluding carboxylic acids is 5. The zero-order valence-electron chi connectivity index (χ0n) is 51.8. The Balaban J connectivity index is 2.02. The number of ether oxygens (including phenoxy) is 7. The van der Waals surface area contributed by atoms with Crippen molar-refractivity contribution in [3.05, 3.63) is 34.9 Å². The molecule has 1 aliphatic rings. The van der Waals surface area contributed by atoms with E-state index in [-0.39, 0.29) is 69.1 Å². The second-order valence-corrected chi connectivity index (χ2v) is 23.0. The maximum atomic E-state index is 13.3. The van der Waals surface area contributed by atoms with E-state index in [9.17, 15) is 24.0 Å². The van der Waals surface area contributed by atoms with Gasteiger partial charge in [0.1, 0.15) is 25.9 Å². The van der Waals surface area contributed by atoms with E-state index in [0.717, 1.165) is 83.8 Å². The fourth-order valence-electron chi connectivity index (χ4n) is 10.4. The highest BCUT2D eigenvalue weighted by Crippen LogP contribution is 2.23. The fourth-order valence-corrected chi connectivity index (χ4v) is 10.4. The van der Waals surface area contributed by atoms with Gasteiger partial charge in [0, 0.05) is 45.3 Å². The monoisotopic (exact) mass is 1130 g/mol. The first-order valence-corrected chi connectivity index (χ1v) is 33.0. The number of likely N-dealkylation sites (tertiary alicyclic amines) is 1. The van der Waals surface area contributed by atoms with Gasteiger partial charge in [0.25, 0.3) is 0 Å². The first-order chi connectivity index (χ1) is 39.1. The quantitative estimate of drug-likeness (QED) is 0.0263. The van der Waals surface area contributed by atoms with Crippen molar-refractivity contribution in [2.75, 3.05) is 39.5 Å². The normalized spacial score (nSPS) is 13.0. The number of unbranched alkanes of at least 4 members (excludes halogenated alkanes) is 19. The van der Waals surface area contributed by atoms with Gasteiger partial charge in [-0.1, -0.05) is 176 Å². The lowest BCUT2D eigenvalue weighted by Crippen LogP contribution is -2.23. The average Bonchev–Trinajstić information content (AvgIpc) is 3.99. The van der Waals surface area contributed by atoms with E-state index < -0.39 is 12.3 Å². The van der Waals surface area contributed by atoms with Crippen LogP contribution in [0.1, 0.15) is 302 Å². The van der Waals surface area contributed by atoms with Crippen LogP contribution in [0.3, 0.4) is 0 Å². The lowest BCUT2D eigenvalue weighted by molar-refractivity contribution is -0.160. The molecular weight excluding hydrogens is 1010 g/mol. The van der Waals surface area contributed by atoms with Gasteiger partial charge >= 0.3 is 29.8 Å². The lowest BCUT2D eigenvalue weighted by Gasteiger charge is -2.19. The highest BCUT2D eigenvalue weighted by molar-refractivity contribution is 5.71. The summed E-state index contributed by atoms with van der Waals surface area (Å²) in [5.41, 5.74) is 2.01. The van der Waals surface area contributed by atoms with Gasteiger partial charge in [0.2, 0.25) is 0 Å². The summed E-state index contributed by atoms with van der Waals surface area (Å²) in [5.74, 6) is -0.894. The van der Waals surface area contributed by atoms with E-state index in [1.807, 2.05) is 18.2 Å². The molecule has 1 saturated heterocycles. The van der Waals surface area contributed by atoms with Crippen molar-refractivity contribution in [1.82, 2.24) is 4.90 Å². The van der Waals surface area contributed by atoms with Crippen LogP contribution in [-0.4, -0.2) is 86.6 Å². The number of benzene rings is 1. The first-order valence-electron chi connectivity index (χ1n) is 33.0. The third-order valence-electron chi connectivity index (χ3n) is 15.4. The molecule has 1 fully saturated rings. The van der Waals surface area contributed by atoms with Crippen LogP contribution < -0.4 is 0 Å². The smallest absolute Gasteiger partial charge is 0.306 e. The van der Waals surface area contributed by atoms with Crippen molar-refractivity contribution in [2.45, 2.75) is 317 Å². The molecule has 1 aromatic rings. The largest absolute Gasteiger partial charge is 0.466 e. The van der Waals surface area contributed by atoms with Gasteiger partial charge in [-0.05, 0) is 131 Å². The van der Waals surface area contributed by atoms with Crippen LogP contribution in [0.4, 0.5) is 0 Å². The molecule has 462 valence electrons. The fraction of sp³-hybridized carbons (Fsp3) is 0.836. The molecule has 1 aliphatic heterocycles. The van der Waals surface area contributed by atoms with Crippen molar-refractivity contribution in [3.8, 4) is 0 Å². The van der Waals surface area contributed by atoms with Gasteiger partial charge in [-0.2, -0.15) is 0 Å². The number of rotatable bonds is 55. The van der Waals surface area contributed by atoms with E-state index in [4.69, 9.17) is 33.2 Å². The van der Waals surface area contributed by atoms with Crippen LogP contribution in [0.25, 0.3) is 0 Å². The van der Waals surface area contributed by atoms with Crippen LogP contribution in [0.2, 0.25) is 0 Å². The second kappa shape index (κ2) is 51.1. The minimum Gasteiger partial charge on any atom is -0.466 e. The van der Waals surface area contributed by atoms with Crippen molar-refractivity contribution >= 4 is 29.8 Å². The molecular formula is C67H117NO12. The molecule has 0 N–H and O–H groups in total. The summed E-state index contributed by atoms with van der Waals surface area (Å²) in [6, 6.07) is 5.52. The Morgan fingerprint density at radius 1 is 0.388 bits per heavy atom. The van der Waals surface area contributed by atoms with E-state index in [2.05, 4.69) is 39.5 Å². The molecule has 1 atom stereocenters. The van der Waals surface area contributed by atoms with Gasteiger partial charge in [0.15, 0.2) is 6.29 Å². The molecule has 1 unspecified atom stereocenters. The number of hydrogen-bond donors (Lipinski definition) is 0. The number of hydrogen-bond acceptors (Lipinski definition) is 13. The molecule has 0 radical (unpaired) electrons. The summed E-state index contributed by atoms with van der Waals surface area (Å²) in [4.78, 5) is 67.4. The van der Waals surface area contributed by atoms with Gasteiger partial charge in [-0.15, -0.1) is 0 Å². The summed E-state index contributed by atoms with van der Waals surface area (Å²) in [6.45, 7) is 15.7. The lowest BCUT2D eigenvalue weighted by atomic mass is 9.92. The topological polar surface area (TPSA) is 153 Å². The van der Waals surface area contributed by atoms with Crippen molar-refractivity contribution in [3.63, 3.8) is 0 Å². The third kappa shape index (κ3) is 41.4. The molecule has 0 aromatic heterocycles. The molecule has 80 heavy (non-hydrogen) atoms. The Morgan fingerprint density at radius 2 is 0.787 bits per heavy atom. The Hall–Kier alpha value is -3.55. The molecule has 1 heterocycles. The first kappa shape index (κ1) is 72.6. The number of carbonyl (C=O) groups is 5. The minimum atomic E-state index is -0.481. The summed E-state index contributed by atoms with van der Waals surface area (Å²) in [7, 11) is 0. The van der Waals surface area contributed by atoms with E-state index in [1.165, 1.54) is 116 Å². The highest BCUT2D eigenvalue weighted by Gasteiger charge is 2.20. The van der Waals surface area contributed by atoms with Crippen LogP contribution in [0, 0.1) is 5.92 Å². The second-order valence-electron chi connectivity index (χ2n) is 23.0. The maximum Gasteiger partial charge on any atom is 0.306 e. The average molecular weight is 1130 g/mol. The molecule has 1 aromatic carbocycles.